The molecule has 0 aromatic heterocycles. The predicted molar refractivity (Wildman–Crippen MR) is 68.6 cm³/mol. The van der Waals surface area contributed by atoms with E-state index in [4.69, 9.17) is 9.57 Å². The molecule has 3 nitrogen and oxygen atoms in total. The second-order valence-electron chi connectivity index (χ2n) is 6.61. The van der Waals surface area contributed by atoms with E-state index >= 15 is 0 Å². The summed E-state index contributed by atoms with van der Waals surface area (Å²) in [6.07, 6.45) is 1.57. The molecule has 0 spiro atoms. The van der Waals surface area contributed by atoms with E-state index in [1.165, 1.54) is 0 Å². The van der Waals surface area contributed by atoms with Crippen molar-refractivity contribution in [1.29, 1.82) is 0 Å². The van der Waals surface area contributed by atoms with Crippen LogP contribution in [0.5, 0.6) is 0 Å². The molecular weight excluding hydrogens is 214 g/mol. The number of likely N-dealkylation sites (N-methyl/N-ethyl adjacent to an activating group) is 1. The molecule has 2 bridgehead atoms. The largest absolute Gasteiger partial charge is 0.367 e. The minimum atomic E-state index is -0.000579. The van der Waals surface area contributed by atoms with Crippen LogP contribution in [0.25, 0.3) is 0 Å². The maximum Gasteiger partial charge on any atom is 0.111 e. The number of ether oxygens (including phenoxy) is 1. The van der Waals surface area contributed by atoms with Gasteiger partial charge in [0.2, 0.25) is 0 Å². The van der Waals surface area contributed by atoms with Gasteiger partial charge in [-0.1, -0.05) is 27.7 Å². The molecule has 2 rings (SSSR count). The molecule has 0 aromatic rings. The van der Waals surface area contributed by atoms with Gasteiger partial charge in [-0.15, -0.1) is 0 Å². The van der Waals surface area contributed by atoms with Gasteiger partial charge in [-0.25, -0.2) is 0 Å². The summed E-state index contributed by atoms with van der Waals surface area (Å²) in [5, 5.41) is 1.98. The van der Waals surface area contributed by atoms with Gasteiger partial charge in [0, 0.05) is 13.0 Å². The van der Waals surface area contributed by atoms with Crippen molar-refractivity contribution in [2.45, 2.75) is 58.8 Å². The monoisotopic (exact) mass is 241 g/mol. The average Bonchev–Trinajstić information content (AvgIpc) is 2.30. The average molecular weight is 241 g/mol. The van der Waals surface area contributed by atoms with E-state index in [0.717, 1.165) is 13.0 Å². The standard InChI is InChI=1S/C14H27NO2/c1-9(2)7-14-8-15(6)17-13(11(5)16-14)12(14)10(3)4/h9-13H,7-8H2,1-6H3. The van der Waals surface area contributed by atoms with Crippen LogP contribution in [0.15, 0.2) is 0 Å². The van der Waals surface area contributed by atoms with E-state index in [0.29, 0.717) is 17.8 Å². The second kappa shape index (κ2) is 4.52. The van der Waals surface area contributed by atoms with Gasteiger partial charge in [0.1, 0.15) is 6.10 Å². The molecule has 2 saturated heterocycles. The summed E-state index contributed by atoms with van der Waals surface area (Å²) in [5.74, 6) is 1.79. The van der Waals surface area contributed by atoms with Gasteiger partial charge < -0.3 is 4.74 Å². The number of hydrogen-bond donors (Lipinski definition) is 0. The Morgan fingerprint density at radius 2 is 1.94 bits per heavy atom. The summed E-state index contributed by atoms with van der Waals surface area (Å²) in [7, 11) is 2.03. The first kappa shape index (κ1) is 13.3. The third-order valence-corrected chi connectivity index (χ3v) is 4.11. The van der Waals surface area contributed by atoms with Crippen LogP contribution in [-0.4, -0.2) is 36.5 Å². The molecule has 0 aromatic carbocycles. The summed E-state index contributed by atoms with van der Waals surface area (Å²) in [5.41, 5.74) is -0.000579. The summed E-state index contributed by atoms with van der Waals surface area (Å²) >= 11 is 0. The van der Waals surface area contributed by atoms with E-state index < -0.39 is 0 Å². The zero-order valence-corrected chi connectivity index (χ0v) is 12.1. The van der Waals surface area contributed by atoms with Crippen LogP contribution in [0.4, 0.5) is 0 Å². The van der Waals surface area contributed by atoms with E-state index in [1.807, 2.05) is 12.1 Å². The van der Waals surface area contributed by atoms with Gasteiger partial charge in [0.05, 0.1) is 18.2 Å². The fraction of sp³-hybridized carbons (Fsp3) is 1.00. The first-order valence-electron chi connectivity index (χ1n) is 6.91. The molecule has 0 aliphatic carbocycles. The highest BCUT2D eigenvalue weighted by Gasteiger charge is 2.59. The fourth-order valence-electron chi connectivity index (χ4n) is 3.95. The lowest BCUT2D eigenvalue weighted by Crippen LogP contribution is -2.55. The van der Waals surface area contributed by atoms with Crippen LogP contribution in [0.2, 0.25) is 0 Å². The molecule has 2 fully saturated rings. The van der Waals surface area contributed by atoms with Gasteiger partial charge >= 0.3 is 0 Å². The Bertz CT molecular complexity index is 270. The van der Waals surface area contributed by atoms with Gasteiger partial charge in [0.25, 0.3) is 0 Å². The number of hydrogen-bond acceptors (Lipinski definition) is 3. The molecule has 2 aliphatic heterocycles. The van der Waals surface area contributed by atoms with Crippen LogP contribution in [0.1, 0.15) is 41.0 Å². The Labute approximate surface area is 105 Å². The van der Waals surface area contributed by atoms with Crippen molar-refractivity contribution in [3.63, 3.8) is 0 Å². The first-order valence-corrected chi connectivity index (χ1v) is 6.91. The van der Waals surface area contributed by atoms with Crippen molar-refractivity contribution in [3.8, 4) is 0 Å². The summed E-state index contributed by atoms with van der Waals surface area (Å²) in [6.45, 7) is 12.2. The maximum atomic E-state index is 6.36. The van der Waals surface area contributed by atoms with E-state index in [-0.39, 0.29) is 17.8 Å². The van der Waals surface area contributed by atoms with Crippen LogP contribution < -0.4 is 0 Å². The van der Waals surface area contributed by atoms with Crippen molar-refractivity contribution >= 4 is 0 Å². The van der Waals surface area contributed by atoms with Gasteiger partial charge in [0.15, 0.2) is 0 Å². The topological polar surface area (TPSA) is 21.7 Å². The van der Waals surface area contributed by atoms with Crippen LogP contribution in [-0.2, 0) is 9.57 Å². The highest BCUT2D eigenvalue weighted by atomic mass is 16.7. The van der Waals surface area contributed by atoms with Crippen LogP contribution in [0, 0.1) is 17.8 Å². The van der Waals surface area contributed by atoms with E-state index in [2.05, 4.69) is 34.6 Å². The van der Waals surface area contributed by atoms with Gasteiger partial charge in [-0.2, -0.15) is 5.06 Å². The quantitative estimate of drug-likeness (QED) is 0.758. The Balaban J connectivity index is 2.30. The number of hydroxylamine groups is 2. The molecule has 0 radical (unpaired) electrons. The third-order valence-electron chi connectivity index (χ3n) is 4.11. The fourth-order valence-corrected chi connectivity index (χ4v) is 3.95. The predicted octanol–water partition coefficient (Wildman–Crippen LogP) is 2.71. The zero-order valence-electron chi connectivity index (χ0n) is 12.1. The highest BCUT2D eigenvalue weighted by molar-refractivity contribution is 5.05. The summed E-state index contributed by atoms with van der Waals surface area (Å²) in [6, 6.07) is 0. The Hall–Kier alpha value is -0.120. The van der Waals surface area contributed by atoms with Crippen molar-refractivity contribution in [2.24, 2.45) is 17.8 Å². The van der Waals surface area contributed by atoms with Gasteiger partial charge in [-0.3, -0.25) is 4.84 Å². The summed E-state index contributed by atoms with van der Waals surface area (Å²) < 4.78 is 6.36. The molecule has 4 unspecified atom stereocenters. The molecule has 100 valence electrons. The van der Waals surface area contributed by atoms with Crippen molar-refractivity contribution in [3.05, 3.63) is 0 Å². The van der Waals surface area contributed by atoms with Crippen LogP contribution in [0.3, 0.4) is 0 Å². The summed E-state index contributed by atoms with van der Waals surface area (Å²) in [4.78, 5) is 5.98. The number of rotatable bonds is 3. The van der Waals surface area contributed by atoms with Gasteiger partial charge in [-0.05, 0) is 25.2 Å². The molecule has 0 amide bonds. The lowest BCUT2D eigenvalue weighted by molar-refractivity contribution is -0.243. The molecule has 4 atom stereocenters. The van der Waals surface area contributed by atoms with E-state index in [9.17, 15) is 0 Å². The Kier molecular flexibility index (Phi) is 3.54. The molecule has 3 heteroatoms. The normalized spacial score (nSPS) is 42.7. The smallest absolute Gasteiger partial charge is 0.111 e. The van der Waals surface area contributed by atoms with Crippen molar-refractivity contribution < 1.29 is 9.57 Å². The second-order valence-corrected chi connectivity index (χ2v) is 6.61. The third kappa shape index (κ3) is 2.25. The number of fused-ring (bicyclic) bond motifs is 2. The van der Waals surface area contributed by atoms with Crippen LogP contribution >= 0.6 is 0 Å². The zero-order chi connectivity index (χ0) is 12.8. The lowest BCUT2D eigenvalue weighted by Gasteiger charge is -2.45. The Morgan fingerprint density at radius 3 is 2.47 bits per heavy atom. The minimum Gasteiger partial charge on any atom is -0.367 e. The van der Waals surface area contributed by atoms with Crippen molar-refractivity contribution in [1.82, 2.24) is 5.06 Å². The molecule has 17 heavy (non-hydrogen) atoms. The molecule has 2 heterocycles. The lowest BCUT2D eigenvalue weighted by atomic mass is 9.73. The highest BCUT2D eigenvalue weighted by Crippen LogP contribution is 2.49. The Morgan fingerprint density at radius 1 is 1.29 bits per heavy atom. The molecule has 2 aliphatic rings. The van der Waals surface area contributed by atoms with Crippen molar-refractivity contribution in [2.75, 3.05) is 13.6 Å². The first-order chi connectivity index (χ1) is 7.85. The molecular formula is C14H27NO2. The molecule has 0 saturated carbocycles. The molecule has 0 N–H and O–H groups in total. The SMILES string of the molecule is CC(C)CC12CN(C)OC(C(C)O1)C2C(C)C. The minimum absolute atomic E-state index is 0.000579. The maximum absolute atomic E-state index is 6.36. The van der Waals surface area contributed by atoms with E-state index in [1.54, 1.807) is 0 Å². The number of nitrogens with zero attached hydrogens (tertiary/aromatic N) is 1.